The SMILES string of the molecule is CCOC(=O)c1cccc(SC(C)CC)c1. The summed E-state index contributed by atoms with van der Waals surface area (Å²) in [5.74, 6) is -0.242. The van der Waals surface area contributed by atoms with E-state index >= 15 is 0 Å². The van der Waals surface area contributed by atoms with Crippen LogP contribution in [-0.2, 0) is 4.74 Å². The number of rotatable bonds is 5. The van der Waals surface area contributed by atoms with Gasteiger partial charge < -0.3 is 4.74 Å². The van der Waals surface area contributed by atoms with Gasteiger partial charge in [-0.1, -0.05) is 19.9 Å². The molecular weight excluding hydrogens is 220 g/mol. The van der Waals surface area contributed by atoms with Crippen LogP contribution in [0.15, 0.2) is 29.2 Å². The summed E-state index contributed by atoms with van der Waals surface area (Å²) in [7, 11) is 0. The molecule has 1 rings (SSSR count). The number of esters is 1. The monoisotopic (exact) mass is 238 g/mol. The Bertz CT molecular complexity index is 350. The maximum atomic E-state index is 11.5. The van der Waals surface area contributed by atoms with Crippen molar-refractivity contribution < 1.29 is 9.53 Å². The van der Waals surface area contributed by atoms with E-state index in [1.807, 2.05) is 25.1 Å². The van der Waals surface area contributed by atoms with Crippen LogP contribution in [0.3, 0.4) is 0 Å². The summed E-state index contributed by atoms with van der Waals surface area (Å²) < 4.78 is 4.97. The van der Waals surface area contributed by atoms with Gasteiger partial charge in [-0.05, 0) is 31.5 Å². The van der Waals surface area contributed by atoms with E-state index in [9.17, 15) is 4.79 Å². The number of hydrogen-bond acceptors (Lipinski definition) is 3. The molecule has 0 amide bonds. The number of carbonyl (C=O) groups is 1. The first-order valence-electron chi connectivity index (χ1n) is 5.61. The number of thioether (sulfide) groups is 1. The van der Waals surface area contributed by atoms with E-state index in [4.69, 9.17) is 4.74 Å². The fourth-order valence-corrected chi connectivity index (χ4v) is 2.21. The summed E-state index contributed by atoms with van der Waals surface area (Å²) in [4.78, 5) is 12.6. The van der Waals surface area contributed by atoms with Gasteiger partial charge in [0.2, 0.25) is 0 Å². The van der Waals surface area contributed by atoms with E-state index in [1.165, 1.54) is 0 Å². The molecule has 0 saturated heterocycles. The van der Waals surface area contributed by atoms with Crippen molar-refractivity contribution in [2.75, 3.05) is 6.61 Å². The molecule has 2 nitrogen and oxygen atoms in total. The Morgan fingerprint density at radius 2 is 2.19 bits per heavy atom. The Kier molecular flexibility index (Phi) is 5.39. The van der Waals surface area contributed by atoms with Crippen LogP contribution in [0.2, 0.25) is 0 Å². The van der Waals surface area contributed by atoms with Gasteiger partial charge in [0.1, 0.15) is 0 Å². The molecule has 1 aromatic carbocycles. The minimum Gasteiger partial charge on any atom is -0.462 e. The Balaban J connectivity index is 2.74. The lowest BCUT2D eigenvalue weighted by Crippen LogP contribution is -2.04. The van der Waals surface area contributed by atoms with E-state index in [0.717, 1.165) is 11.3 Å². The highest BCUT2D eigenvalue weighted by molar-refractivity contribution is 7.99. The highest BCUT2D eigenvalue weighted by Gasteiger charge is 2.08. The zero-order valence-electron chi connectivity index (χ0n) is 10.0. The first kappa shape index (κ1) is 13.1. The average molecular weight is 238 g/mol. The number of hydrogen-bond donors (Lipinski definition) is 0. The molecule has 1 aromatic rings. The van der Waals surface area contributed by atoms with Gasteiger partial charge >= 0.3 is 5.97 Å². The highest BCUT2D eigenvalue weighted by atomic mass is 32.2. The molecule has 1 atom stereocenters. The number of carbonyl (C=O) groups excluding carboxylic acids is 1. The smallest absolute Gasteiger partial charge is 0.338 e. The maximum absolute atomic E-state index is 11.5. The molecule has 0 aliphatic heterocycles. The molecule has 0 aromatic heterocycles. The summed E-state index contributed by atoms with van der Waals surface area (Å²) in [6.45, 7) is 6.58. The van der Waals surface area contributed by atoms with E-state index in [0.29, 0.717) is 17.4 Å². The molecule has 3 heteroatoms. The molecule has 0 fully saturated rings. The van der Waals surface area contributed by atoms with Crippen molar-refractivity contribution in [3.63, 3.8) is 0 Å². The van der Waals surface area contributed by atoms with Gasteiger partial charge in [-0.2, -0.15) is 0 Å². The summed E-state index contributed by atoms with van der Waals surface area (Å²) >= 11 is 1.79. The predicted octanol–water partition coefficient (Wildman–Crippen LogP) is 3.75. The van der Waals surface area contributed by atoms with Crippen molar-refractivity contribution in [2.24, 2.45) is 0 Å². The highest BCUT2D eigenvalue weighted by Crippen LogP contribution is 2.25. The molecular formula is C13H18O2S. The van der Waals surface area contributed by atoms with Crippen molar-refractivity contribution in [3.8, 4) is 0 Å². The lowest BCUT2D eigenvalue weighted by Gasteiger charge is -2.09. The van der Waals surface area contributed by atoms with Crippen LogP contribution in [0, 0.1) is 0 Å². The third kappa shape index (κ3) is 3.89. The van der Waals surface area contributed by atoms with Crippen LogP contribution in [-0.4, -0.2) is 17.8 Å². The van der Waals surface area contributed by atoms with Crippen molar-refractivity contribution in [3.05, 3.63) is 29.8 Å². The zero-order valence-corrected chi connectivity index (χ0v) is 10.8. The summed E-state index contributed by atoms with van der Waals surface area (Å²) in [5, 5.41) is 0.567. The van der Waals surface area contributed by atoms with Crippen molar-refractivity contribution in [1.29, 1.82) is 0 Å². The third-order valence-corrected chi connectivity index (χ3v) is 3.52. The van der Waals surface area contributed by atoms with E-state index in [1.54, 1.807) is 17.8 Å². The van der Waals surface area contributed by atoms with Crippen LogP contribution in [0.1, 0.15) is 37.6 Å². The number of ether oxygens (including phenoxy) is 1. The first-order chi connectivity index (χ1) is 7.67. The predicted molar refractivity (Wildman–Crippen MR) is 68.0 cm³/mol. The van der Waals surface area contributed by atoms with E-state index in [2.05, 4.69) is 13.8 Å². The molecule has 16 heavy (non-hydrogen) atoms. The third-order valence-electron chi connectivity index (χ3n) is 2.26. The van der Waals surface area contributed by atoms with E-state index < -0.39 is 0 Å². The number of benzene rings is 1. The second-order valence-corrected chi connectivity index (χ2v) is 5.10. The molecule has 0 spiro atoms. The maximum Gasteiger partial charge on any atom is 0.338 e. The van der Waals surface area contributed by atoms with Crippen LogP contribution in [0.4, 0.5) is 0 Å². The Morgan fingerprint density at radius 1 is 1.44 bits per heavy atom. The molecule has 0 bridgehead atoms. The molecule has 0 heterocycles. The van der Waals surface area contributed by atoms with Crippen molar-refractivity contribution in [1.82, 2.24) is 0 Å². The minimum atomic E-state index is -0.242. The Hall–Kier alpha value is -0.960. The van der Waals surface area contributed by atoms with Gasteiger partial charge in [0.25, 0.3) is 0 Å². The second kappa shape index (κ2) is 6.59. The van der Waals surface area contributed by atoms with E-state index in [-0.39, 0.29) is 5.97 Å². The van der Waals surface area contributed by atoms with Gasteiger partial charge in [0, 0.05) is 10.1 Å². The Labute approximate surface area is 101 Å². The molecule has 0 radical (unpaired) electrons. The van der Waals surface area contributed by atoms with Gasteiger partial charge in [0.15, 0.2) is 0 Å². The summed E-state index contributed by atoms with van der Waals surface area (Å²) in [5.41, 5.74) is 0.634. The van der Waals surface area contributed by atoms with Crippen LogP contribution in [0.5, 0.6) is 0 Å². The quantitative estimate of drug-likeness (QED) is 0.577. The average Bonchev–Trinajstić information content (AvgIpc) is 2.29. The molecule has 1 unspecified atom stereocenters. The van der Waals surface area contributed by atoms with Gasteiger partial charge in [0.05, 0.1) is 12.2 Å². The van der Waals surface area contributed by atoms with Gasteiger partial charge in [-0.15, -0.1) is 11.8 Å². The van der Waals surface area contributed by atoms with Crippen LogP contribution in [0.25, 0.3) is 0 Å². The summed E-state index contributed by atoms with van der Waals surface area (Å²) in [6.07, 6.45) is 1.12. The van der Waals surface area contributed by atoms with Gasteiger partial charge in [-0.25, -0.2) is 4.79 Å². The van der Waals surface area contributed by atoms with Crippen LogP contribution >= 0.6 is 11.8 Å². The molecule has 0 saturated carbocycles. The second-order valence-electron chi connectivity index (χ2n) is 3.59. The van der Waals surface area contributed by atoms with Crippen molar-refractivity contribution >= 4 is 17.7 Å². The van der Waals surface area contributed by atoms with Gasteiger partial charge in [-0.3, -0.25) is 0 Å². The lowest BCUT2D eigenvalue weighted by atomic mass is 10.2. The Morgan fingerprint density at radius 3 is 2.81 bits per heavy atom. The standard InChI is InChI=1S/C13H18O2S/c1-4-10(3)16-12-8-6-7-11(9-12)13(14)15-5-2/h6-10H,4-5H2,1-3H3. The van der Waals surface area contributed by atoms with Crippen molar-refractivity contribution in [2.45, 2.75) is 37.3 Å². The topological polar surface area (TPSA) is 26.3 Å². The zero-order chi connectivity index (χ0) is 12.0. The molecule has 0 aliphatic carbocycles. The normalized spacial score (nSPS) is 12.2. The molecule has 0 aliphatic rings. The fourth-order valence-electron chi connectivity index (χ4n) is 1.23. The molecule has 0 N–H and O–H groups in total. The largest absolute Gasteiger partial charge is 0.462 e. The lowest BCUT2D eigenvalue weighted by molar-refractivity contribution is 0.0526. The first-order valence-corrected chi connectivity index (χ1v) is 6.49. The van der Waals surface area contributed by atoms with Crippen LogP contribution < -0.4 is 0 Å². The molecule has 88 valence electrons. The fraction of sp³-hybridized carbons (Fsp3) is 0.462. The minimum absolute atomic E-state index is 0.242. The summed E-state index contributed by atoms with van der Waals surface area (Å²) in [6, 6.07) is 7.62.